The van der Waals surface area contributed by atoms with Gasteiger partial charge >= 0.3 is 0 Å². The Balaban J connectivity index is 3.10. The maximum absolute atomic E-state index is 8.89. The molecular formula is C12H13BrClNO2. The highest BCUT2D eigenvalue weighted by Gasteiger charge is 2.15. The zero-order valence-corrected chi connectivity index (χ0v) is 12.0. The summed E-state index contributed by atoms with van der Waals surface area (Å²) in [6.07, 6.45) is 0.130. The van der Waals surface area contributed by atoms with Crippen LogP contribution in [0.25, 0.3) is 0 Å². The summed E-state index contributed by atoms with van der Waals surface area (Å²) in [7, 11) is 1.56. The number of nitriles is 1. The number of methoxy groups -OCH3 is 1. The highest BCUT2D eigenvalue weighted by Crippen LogP contribution is 2.37. The molecule has 3 nitrogen and oxygen atoms in total. The van der Waals surface area contributed by atoms with Crippen molar-refractivity contribution in [1.29, 1.82) is 5.26 Å². The average molecular weight is 319 g/mol. The molecule has 0 fully saturated rings. The smallest absolute Gasteiger partial charge is 0.184 e. The third kappa shape index (κ3) is 3.52. The maximum atomic E-state index is 8.89. The largest absolute Gasteiger partial charge is 0.493 e. The van der Waals surface area contributed by atoms with Gasteiger partial charge in [0.25, 0.3) is 0 Å². The van der Waals surface area contributed by atoms with Crippen molar-refractivity contribution in [2.24, 2.45) is 0 Å². The van der Waals surface area contributed by atoms with Crippen molar-refractivity contribution in [1.82, 2.24) is 0 Å². The number of hydrogen-bond donors (Lipinski definition) is 0. The van der Waals surface area contributed by atoms with Crippen LogP contribution in [0.1, 0.15) is 18.9 Å². The van der Waals surface area contributed by atoms with Crippen LogP contribution in [0.2, 0.25) is 0 Å². The first-order valence-corrected chi connectivity index (χ1v) is 6.47. The SMILES string of the molecule is CCC(C#N)Oc1c(Br)cc(CCl)cc1OC. The molecule has 0 radical (unpaired) electrons. The van der Waals surface area contributed by atoms with E-state index in [1.54, 1.807) is 13.2 Å². The molecule has 5 heteroatoms. The van der Waals surface area contributed by atoms with Gasteiger partial charge in [-0.05, 0) is 40.0 Å². The standard InChI is InChI=1S/C12H13BrClNO2/c1-3-9(7-15)17-12-10(13)4-8(6-14)5-11(12)16-2/h4-5,9H,3,6H2,1-2H3. The molecule has 0 aliphatic rings. The van der Waals surface area contributed by atoms with Gasteiger partial charge < -0.3 is 9.47 Å². The second-order valence-corrected chi connectivity index (χ2v) is 4.51. The number of hydrogen-bond acceptors (Lipinski definition) is 3. The minimum Gasteiger partial charge on any atom is -0.493 e. The van der Waals surface area contributed by atoms with E-state index in [9.17, 15) is 0 Å². The Morgan fingerprint density at radius 2 is 2.24 bits per heavy atom. The molecule has 1 atom stereocenters. The third-order valence-electron chi connectivity index (χ3n) is 2.22. The van der Waals surface area contributed by atoms with E-state index in [-0.39, 0.29) is 0 Å². The van der Waals surface area contributed by atoms with Crippen LogP contribution in [0.15, 0.2) is 16.6 Å². The Morgan fingerprint density at radius 1 is 1.53 bits per heavy atom. The lowest BCUT2D eigenvalue weighted by atomic mass is 10.2. The van der Waals surface area contributed by atoms with Gasteiger partial charge in [0.2, 0.25) is 0 Å². The molecule has 1 rings (SSSR count). The summed E-state index contributed by atoms with van der Waals surface area (Å²) in [5.41, 5.74) is 0.924. The molecule has 0 saturated heterocycles. The van der Waals surface area contributed by atoms with Gasteiger partial charge in [-0.1, -0.05) is 6.92 Å². The molecule has 1 unspecified atom stereocenters. The Bertz CT molecular complexity index is 431. The van der Waals surface area contributed by atoms with Crippen molar-refractivity contribution in [2.45, 2.75) is 25.3 Å². The number of alkyl halides is 1. The molecule has 17 heavy (non-hydrogen) atoms. The van der Waals surface area contributed by atoms with E-state index in [1.165, 1.54) is 0 Å². The van der Waals surface area contributed by atoms with Crippen LogP contribution < -0.4 is 9.47 Å². The Kier molecular flexibility index (Phi) is 5.60. The van der Waals surface area contributed by atoms with Gasteiger partial charge in [-0.2, -0.15) is 5.26 Å². The Hall–Kier alpha value is -0.920. The van der Waals surface area contributed by atoms with Gasteiger partial charge in [0.15, 0.2) is 17.6 Å². The molecule has 0 saturated carbocycles. The van der Waals surface area contributed by atoms with Gasteiger partial charge in [0, 0.05) is 5.88 Å². The molecule has 0 aliphatic carbocycles. The van der Waals surface area contributed by atoms with Gasteiger partial charge in [0.1, 0.15) is 6.07 Å². The van der Waals surface area contributed by atoms with Crippen molar-refractivity contribution in [2.75, 3.05) is 7.11 Å². The molecular weight excluding hydrogens is 305 g/mol. The van der Waals surface area contributed by atoms with E-state index in [0.29, 0.717) is 23.8 Å². The molecule has 0 heterocycles. The molecule has 1 aromatic carbocycles. The van der Waals surface area contributed by atoms with Crippen molar-refractivity contribution in [3.8, 4) is 17.6 Å². The topological polar surface area (TPSA) is 42.2 Å². The molecule has 1 aromatic rings. The molecule has 0 aliphatic heterocycles. The highest BCUT2D eigenvalue weighted by atomic mass is 79.9. The van der Waals surface area contributed by atoms with Crippen LogP contribution in [0.4, 0.5) is 0 Å². The number of benzene rings is 1. The second-order valence-electron chi connectivity index (χ2n) is 3.39. The number of rotatable bonds is 5. The minimum absolute atomic E-state index is 0.394. The molecule has 92 valence electrons. The lowest BCUT2D eigenvalue weighted by molar-refractivity contribution is 0.237. The van der Waals surface area contributed by atoms with Crippen molar-refractivity contribution < 1.29 is 9.47 Å². The summed E-state index contributed by atoms with van der Waals surface area (Å²) in [6.45, 7) is 1.89. The van der Waals surface area contributed by atoms with E-state index in [2.05, 4.69) is 22.0 Å². The summed E-state index contributed by atoms with van der Waals surface area (Å²) in [6, 6.07) is 5.74. The lowest BCUT2D eigenvalue weighted by Gasteiger charge is -2.16. The second kappa shape index (κ2) is 6.73. The quantitative estimate of drug-likeness (QED) is 0.774. The van der Waals surface area contributed by atoms with Crippen molar-refractivity contribution in [3.05, 3.63) is 22.2 Å². The van der Waals surface area contributed by atoms with Crippen LogP contribution in [0, 0.1) is 11.3 Å². The van der Waals surface area contributed by atoms with Gasteiger partial charge in [-0.3, -0.25) is 0 Å². The number of halogens is 2. The van der Waals surface area contributed by atoms with Gasteiger partial charge in [-0.25, -0.2) is 0 Å². The molecule has 0 amide bonds. The van der Waals surface area contributed by atoms with Crippen LogP contribution in [0.5, 0.6) is 11.5 Å². The van der Waals surface area contributed by atoms with E-state index in [0.717, 1.165) is 10.0 Å². The Morgan fingerprint density at radius 3 is 2.71 bits per heavy atom. The summed E-state index contributed by atoms with van der Waals surface area (Å²) < 4.78 is 11.6. The normalized spacial score (nSPS) is 11.7. The predicted molar refractivity (Wildman–Crippen MR) is 70.6 cm³/mol. The highest BCUT2D eigenvalue weighted by molar-refractivity contribution is 9.10. The van der Waals surface area contributed by atoms with Crippen LogP contribution >= 0.6 is 27.5 Å². The summed E-state index contributed by atoms with van der Waals surface area (Å²) >= 11 is 9.16. The monoisotopic (exact) mass is 317 g/mol. The number of ether oxygens (including phenoxy) is 2. The van der Waals surface area contributed by atoms with Crippen LogP contribution in [0.3, 0.4) is 0 Å². The Labute approximate surface area is 114 Å². The molecule has 0 aromatic heterocycles. The fraction of sp³-hybridized carbons (Fsp3) is 0.417. The van der Waals surface area contributed by atoms with Gasteiger partial charge in [-0.15, -0.1) is 11.6 Å². The fourth-order valence-corrected chi connectivity index (χ4v) is 2.05. The lowest BCUT2D eigenvalue weighted by Crippen LogP contribution is -2.13. The van der Waals surface area contributed by atoms with E-state index in [1.807, 2.05) is 13.0 Å². The molecule has 0 bridgehead atoms. The third-order valence-corrected chi connectivity index (χ3v) is 3.12. The van der Waals surface area contributed by atoms with Crippen LogP contribution in [-0.2, 0) is 5.88 Å². The van der Waals surface area contributed by atoms with E-state index in [4.69, 9.17) is 26.3 Å². The first-order chi connectivity index (χ1) is 8.15. The molecule has 0 N–H and O–H groups in total. The van der Waals surface area contributed by atoms with Crippen LogP contribution in [-0.4, -0.2) is 13.2 Å². The first-order valence-electron chi connectivity index (χ1n) is 5.14. The summed E-state index contributed by atoms with van der Waals surface area (Å²) in [5, 5.41) is 8.89. The predicted octanol–water partition coefficient (Wildman–Crippen LogP) is 3.88. The number of nitrogens with zero attached hydrogens (tertiary/aromatic N) is 1. The van der Waals surface area contributed by atoms with Crippen molar-refractivity contribution in [3.63, 3.8) is 0 Å². The zero-order valence-electron chi connectivity index (χ0n) is 9.67. The van der Waals surface area contributed by atoms with Gasteiger partial charge in [0.05, 0.1) is 11.6 Å². The average Bonchev–Trinajstić information content (AvgIpc) is 2.36. The maximum Gasteiger partial charge on any atom is 0.184 e. The zero-order chi connectivity index (χ0) is 12.8. The van der Waals surface area contributed by atoms with Crippen molar-refractivity contribution >= 4 is 27.5 Å². The first kappa shape index (κ1) is 14.1. The minimum atomic E-state index is -0.484. The molecule has 0 spiro atoms. The van der Waals surface area contributed by atoms with E-state index >= 15 is 0 Å². The summed E-state index contributed by atoms with van der Waals surface area (Å²) in [5.74, 6) is 1.50. The summed E-state index contributed by atoms with van der Waals surface area (Å²) in [4.78, 5) is 0. The fourth-order valence-electron chi connectivity index (χ4n) is 1.31. The van der Waals surface area contributed by atoms with E-state index < -0.39 is 6.10 Å².